The van der Waals surface area contributed by atoms with Crippen molar-refractivity contribution in [3.8, 4) is 0 Å². The molecule has 2 aliphatic carbocycles. The second kappa shape index (κ2) is 4.93. The Morgan fingerprint density at radius 1 is 1.42 bits per heavy atom. The highest BCUT2D eigenvalue weighted by Crippen LogP contribution is 2.66. The van der Waals surface area contributed by atoms with Gasteiger partial charge in [-0.05, 0) is 48.9 Å². The third kappa shape index (κ3) is 2.33. The molecule has 3 atom stereocenters. The first kappa shape index (κ1) is 14.6. The van der Waals surface area contributed by atoms with E-state index in [0.717, 1.165) is 12.3 Å². The molecule has 0 aliphatic heterocycles. The van der Waals surface area contributed by atoms with Gasteiger partial charge in [-0.25, -0.2) is 4.79 Å². The molecule has 2 saturated carbocycles. The summed E-state index contributed by atoms with van der Waals surface area (Å²) in [5.74, 6) is -0.107. The van der Waals surface area contributed by atoms with Crippen molar-refractivity contribution in [1.29, 1.82) is 0 Å². The first-order chi connectivity index (χ1) is 8.79. The summed E-state index contributed by atoms with van der Waals surface area (Å²) in [4.78, 5) is 10.6. The van der Waals surface area contributed by atoms with Crippen LogP contribution in [0, 0.1) is 16.7 Å². The lowest BCUT2D eigenvalue weighted by molar-refractivity contribution is -0.132. The van der Waals surface area contributed by atoms with Crippen LogP contribution in [0.3, 0.4) is 0 Å². The lowest BCUT2D eigenvalue weighted by atomic mass is 9.70. The van der Waals surface area contributed by atoms with Crippen LogP contribution in [0.25, 0.3) is 0 Å². The highest BCUT2D eigenvalue weighted by atomic mass is 16.5. The Labute approximate surface area is 116 Å². The van der Waals surface area contributed by atoms with E-state index in [-0.39, 0.29) is 5.57 Å². The van der Waals surface area contributed by atoms with Gasteiger partial charge < -0.3 is 9.84 Å². The van der Waals surface area contributed by atoms with Crippen LogP contribution in [-0.4, -0.2) is 23.8 Å². The van der Waals surface area contributed by atoms with E-state index in [2.05, 4.69) is 27.4 Å². The molecule has 0 radical (unpaired) electrons. The van der Waals surface area contributed by atoms with E-state index in [4.69, 9.17) is 9.84 Å². The van der Waals surface area contributed by atoms with Crippen LogP contribution in [-0.2, 0) is 9.53 Å². The fraction of sp³-hybridized carbons (Fsp3) is 0.812. The summed E-state index contributed by atoms with van der Waals surface area (Å²) in [5, 5.41) is 8.75. The minimum Gasteiger partial charge on any atom is -0.478 e. The number of fused-ring (bicyclic) bond motifs is 2. The summed E-state index contributed by atoms with van der Waals surface area (Å²) < 4.78 is 6.07. The first-order valence-electron chi connectivity index (χ1n) is 7.31. The normalized spacial score (nSPS) is 35.5. The lowest BCUT2D eigenvalue weighted by Gasteiger charge is -2.39. The van der Waals surface area contributed by atoms with Crippen molar-refractivity contribution in [2.45, 2.75) is 59.0 Å². The van der Waals surface area contributed by atoms with Gasteiger partial charge in [-0.1, -0.05) is 27.4 Å². The highest BCUT2D eigenvalue weighted by molar-refractivity contribution is 5.85. The van der Waals surface area contributed by atoms with Gasteiger partial charge in [-0.15, -0.1) is 0 Å². The molecular formula is C16H26O3. The van der Waals surface area contributed by atoms with Gasteiger partial charge in [0.25, 0.3) is 0 Å². The minimum atomic E-state index is -0.895. The number of aliphatic carboxylic acids is 1. The largest absolute Gasteiger partial charge is 0.478 e. The third-order valence-electron chi connectivity index (χ3n) is 5.96. The summed E-state index contributed by atoms with van der Waals surface area (Å²) in [7, 11) is 0. The average molecular weight is 266 g/mol. The Balaban J connectivity index is 1.80. The quantitative estimate of drug-likeness (QED) is 0.590. The molecule has 2 rings (SSSR count). The highest BCUT2D eigenvalue weighted by Gasteiger charge is 2.61. The van der Waals surface area contributed by atoms with Crippen LogP contribution in [0.15, 0.2) is 12.2 Å². The summed E-state index contributed by atoms with van der Waals surface area (Å²) in [6.45, 7) is 11.3. The Bertz CT molecular complexity index is 385. The van der Waals surface area contributed by atoms with Gasteiger partial charge in [0.1, 0.15) is 0 Å². The lowest BCUT2D eigenvalue weighted by Crippen LogP contribution is -2.37. The number of carboxylic acids is 1. The van der Waals surface area contributed by atoms with Crippen molar-refractivity contribution in [2.24, 2.45) is 16.7 Å². The fourth-order valence-electron chi connectivity index (χ4n) is 4.00. The molecule has 1 N–H and O–H groups in total. The van der Waals surface area contributed by atoms with Gasteiger partial charge in [0.15, 0.2) is 0 Å². The van der Waals surface area contributed by atoms with E-state index >= 15 is 0 Å². The van der Waals surface area contributed by atoms with Crippen molar-refractivity contribution in [3.63, 3.8) is 0 Å². The number of carboxylic acid groups (broad SMARTS) is 1. The molecule has 0 spiro atoms. The Hall–Kier alpha value is -0.830. The van der Waals surface area contributed by atoms with E-state index in [1.807, 2.05) is 0 Å². The standard InChI is InChI=1S/C16H26O3/c1-11(14(17)18)6-5-9-19-13-10-12-7-8-16(13,4)15(12,2)3/h12-13H,1,5-10H2,2-4H3,(H,17,18). The first-order valence-corrected chi connectivity index (χ1v) is 7.31. The van der Waals surface area contributed by atoms with Crippen LogP contribution < -0.4 is 0 Å². The molecule has 19 heavy (non-hydrogen) atoms. The molecule has 0 saturated heterocycles. The van der Waals surface area contributed by atoms with Crippen LogP contribution in [0.2, 0.25) is 0 Å². The molecule has 3 heteroatoms. The van der Waals surface area contributed by atoms with Crippen LogP contribution in [0.1, 0.15) is 52.9 Å². The maximum absolute atomic E-state index is 10.6. The predicted molar refractivity (Wildman–Crippen MR) is 75.0 cm³/mol. The number of carbonyl (C=O) groups is 1. The number of hydrogen-bond donors (Lipinski definition) is 1. The molecular weight excluding hydrogens is 240 g/mol. The van der Waals surface area contributed by atoms with E-state index in [0.29, 0.717) is 30.0 Å². The zero-order chi connectivity index (χ0) is 14.3. The maximum atomic E-state index is 10.6. The topological polar surface area (TPSA) is 46.5 Å². The zero-order valence-corrected chi connectivity index (χ0v) is 12.4. The second-order valence-electron chi connectivity index (χ2n) is 6.98. The third-order valence-corrected chi connectivity index (χ3v) is 5.96. The van der Waals surface area contributed by atoms with E-state index in [1.54, 1.807) is 0 Å². The van der Waals surface area contributed by atoms with E-state index in [1.165, 1.54) is 19.3 Å². The summed E-state index contributed by atoms with van der Waals surface area (Å²) in [6, 6.07) is 0. The van der Waals surface area contributed by atoms with Crippen LogP contribution in [0.5, 0.6) is 0 Å². The van der Waals surface area contributed by atoms with Gasteiger partial charge >= 0.3 is 5.97 Å². The summed E-state index contributed by atoms with van der Waals surface area (Å²) >= 11 is 0. The minimum absolute atomic E-state index is 0.281. The second-order valence-corrected chi connectivity index (χ2v) is 6.98. The number of ether oxygens (including phenoxy) is 1. The predicted octanol–water partition coefficient (Wildman–Crippen LogP) is 3.64. The molecule has 108 valence electrons. The van der Waals surface area contributed by atoms with Crippen LogP contribution >= 0.6 is 0 Å². The van der Waals surface area contributed by atoms with E-state index in [9.17, 15) is 4.79 Å². The summed E-state index contributed by atoms with van der Waals surface area (Å²) in [6.07, 6.45) is 5.38. The molecule has 0 aromatic carbocycles. The van der Waals surface area contributed by atoms with Crippen molar-refractivity contribution >= 4 is 5.97 Å². The molecule has 0 amide bonds. The van der Waals surface area contributed by atoms with Crippen molar-refractivity contribution in [3.05, 3.63) is 12.2 Å². The summed E-state index contributed by atoms with van der Waals surface area (Å²) in [5.41, 5.74) is 0.951. The molecule has 2 aliphatic rings. The Kier molecular flexibility index (Phi) is 3.78. The fourth-order valence-corrected chi connectivity index (χ4v) is 4.00. The molecule has 2 bridgehead atoms. The molecule has 0 aromatic rings. The van der Waals surface area contributed by atoms with Crippen molar-refractivity contribution in [1.82, 2.24) is 0 Å². The molecule has 3 nitrogen and oxygen atoms in total. The maximum Gasteiger partial charge on any atom is 0.330 e. The molecule has 0 aromatic heterocycles. The van der Waals surface area contributed by atoms with Gasteiger partial charge in [0.2, 0.25) is 0 Å². The average Bonchev–Trinajstić information content (AvgIpc) is 2.66. The van der Waals surface area contributed by atoms with Gasteiger partial charge in [0, 0.05) is 12.2 Å². The van der Waals surface area contributed by atoms with Gasteiger partial charge in [0.05, 0.1) is 6.10 Å². The smallest absolute Gasteiger partial charge is 0.330 e. The SMILES string of the molecule is C=C(CCCOC1CC2CCC1(C)C2(C)C)C(=O)O. The van der Waals surface area contributed by atoms with Gasteiger partial charge in [-0.2, -0.15) is 0 Å². The van der Waals surface area contributed by atoms with Gasteiger partial charge in [-0.3, -0.25) is 0 Å². The number of rotatable bonds is 6. The Morgan fingerprint density at radius 3 is 2.58 bits per heavy atom. The molecule has 2 fully saturated rings. The monoisotopic (exact) mass is 266 g/mol. The zero-order valence-electron chi connectivity index (χ0n) is 12.4. The molecule has 3 unspecified atom stereocenters. The van der Waals surface area contributed by atoms with Crippen molar-refractivity contribution in [2.75, 3.05) is 6.61 Å². The molecule has 0 heterocycles. The number of hydrogen-bond acceptors (Lipinski definition) is 2. The van der Waals surface area contributed by atoms with E-state index < -0.39 is 5.97 Å². The Morgan fingerprint density at radius 2 is 2.11 bits per heavy atom. The van der Waals surface area contributed by atoms with Crippen molar-refractivity contribution < 1.29 is 14.6 Å². The van der Waals surface area contributed by atoms with Crippen LogP contribution in [0.4, 0.5) is 0 Å².